The van der Waals surface area contributed by atoms with Crippen molar-refractivity contribution in [3.05, 3.63) is 70.8 Å². The largest absolute Gasteiger partial charge is 0.444 e. The summed E-state index contributed by atoms with van der Waals surface area (Å²) in [5.41, 5.74) is -0.264. The van der Waals surface area contributed by atoms with Crippen LogP contribution in [0.5, 0.6) is 0 Å². The topological polar surface area (TPSA) is 75.7 Å². The SMILES string of the molecule is CC(C)(C)OC(=O)N1CC2(c3cc(F)cc(F)c3)CC2C1C=O.Cl.Cl.O=CC1NCC2(c3cc(F)cc(F)c3)CC12. The van der Waals surface area contributed by atoms with Gasteiger partial charge in [0.25, 0.3) is 0 Å². The van der Waals surface area contributed by atoms with Crippen LogP contribution in [-0.4, -0.2) is 54.3 Å². The van der Waals surface area contributed by atoms with Gasteiger partial charge in [0.1, 0.15) is 41.4 Å². The number of piperidine rings is 2. The quantitative estimate of drug-likeness (QED) is 0.373. The predicted octanol–water partition coefficient (Wildman–Crippen LogP) is 5.28. The number of nitrogens with one attached hydrogen (secondary N) is 1. The second-order valence-corrected chi connectivity index (χ2v) is 12.0. The number of rotatable bonds is 4. The lowest BCUT2D eigenvalue weighted by Gasteiger charge is -2.28. The van der Waals surface area contributed by atoms with Crippen LogP contribution in [0.15, 0.2) is 36.4 Å². The van der Waals surface area contributed by atoms with Gasteiger partial charge in [0, 0.05) is 36.1 Å². The third kappa shape index (κ3) is 6.10. The molecule has 2 aromatic carbocycles. The minimum Gasteiger partial charge on any atom is -0.444 e. The Morgan fingerprint density at radius 1 is 0.854 bits per heavy atom. The number of nitrogens with zero attached hydrogens (tertiary/aromatic N) is 1. The molecule has 4 fully saturated rings. The summed E-state index contributed by atoms with van der Waals surface area (Å²) in [6.45, 7) is 6.10. The summed E-state index contributed by atoms with van der Waals surface area (Å²) in [5, 5.41) is 3.07. The lowest BCUT2D eigenvalue weighted by Crippen LogP contribution is -2.43. The Morgan fingerprint density at radius 2 is 1.34 bits per heavy atom. The van der Waals surface area contributed by atoms with Gasteiger partial charge in [0.2, 0.25) is 0 Å². The number of aldehydes is 2. The first kappa shape index (κ1) is 32.8. The molecule has 6 unspecified atom stereocenters. The molecule has 6 rings (SSSR count). The number of carbonyl (C=O) groups excluding carboxylic acids is 3. The van der Waals surface area contributed by atoms with E-state index < -0.39 is 46.4 Å². The number of carbonyl (C=O) groups is 3. The maximum absolute atomic E-state index is 13.5. The van der Waals surface area contributed by atoms with Gasteiger partial charge in [0.05, 0.1) is 12.1 Å². The zero-order chi connectivity index (χ0) is 28.3. The van der Waals surface area contributed by atoms with Crippen molar-refractivity contribution >= 4 is 43.5 Å². The van der Waals surface area contributed by atoms with Gasteiger partial charge in [-0.2, -0.15) is 0 Å². The van der Waals surface area contributed by atoms with Crippen LogP contribution >= 0.6 is 24.8 Å². The van der Waals surface area contributed by atoms with Crippen LogP contribution < -0.4 is 5.32 Å². The van der Waals surface area contributed by atoms with Gasteiger partial charge in [-0.15, -0.1) is 24.8 Å². The molecule has 2 aliphatic heterocycles. The highest BCUT2D eigenvalue weighted by molar-refractivity contribution is 5.85. The van der Waals surface area contributed by atoms with E-state index in [1.807, 2.05) is 0 Å². The zero-order valence-corrected chi connectivity index (χ0v) is 24.3. The Balaban J connectivity index is 0.000000227. The average Bonchev–Trinajstić information content (AvgIpc) is 3.68. The van der Waals surface area contributed by atoms with E-state index in [1.54, 1.807) is 20.8 Å². The molecule has 6 nitrogen and oxygen atoms in total. The summed E-state index contributed by atoms with van der Waals surface area (Å²) in [5.74, 6) is -2.33. The van der Waals surface area contributed by atoms with Gasteiger partial charge in [-0.3, -0.25) is 4.90 Å². The molecule has 2 saturated carbocycles. The highest BCUT2D eigenvalue weighted by Crippen LogP contribution is 2.62. The Hall–Kier alpha value is -2.69. The molecule has 12 heteroatoms. The van der Waals surface area contributed by atoms with Gasteiger partial charge in [-0.25, -0.2) is 22.4 Å². The lowest BCUT2D eigenvalue weighted by atomic mass is 9.94. The van der Waals surface area contributed by atoms with Crippen molar-refractivity contribution in [3.63, 3.8) is 0 Å². The molecule has 224 valence electrons. The number of hydrogen-bond donors (Lipinski definition) is 1. The molecule has 1 amide bonds. The van der Waals surface area contributed by atoms with Gasteiger partial charge < -0.3 is 19.6 Å². The summed E-state index contributed by atoms with van der Waals surface area (Å²) < 4.78 is 58.6. The molecule has 1 N–H and O–H groups in total. The van der Waals surface area contributed by atoms with E-state index in [0.29, 0.717) is 24.1 Å². The van der Waals surface area contributed by atoms with Gasteiger partial charge in [0.15, 0.2) is 0 Å². The summed E-state index contributed by atoms with van der Waals surface area (Å²) >= 11 is 0. The summed E-state index contributed by atoms with van der Waals surface area (Å²) in [6, 6.07) is 6.22. The van der Waals surface area contributed by atoms with Gasteiger partial charge in [-0.05, 0) is 80.8 Å². The molecule has 4 aliphatic rings. The number of amides is 1. The highest BCUT2D eigenvalue weighted by atomic mass is 35.5. The summed E-state index contributed by atoms with van der Waals surface area (Å²) in [4.78, 5) is 35.8. The van der Waals surface area contributed by atoms with E-state index >= 15 is 0 Å². The van der Waals surface area contributed by atoms with Crippen LogP contribution in [0.1, 0.15) is 44.7 Å². The molecule has 2 saturated heterocycles. The molecule has 6 atom stereocenters. The maximum atomic E-state index is 13.5. The molecule has 0 aromatic heterocycles. The van der Waals surface area contributed by atoms with Crippen LogP contribution in [0.3, 0.4) is 0 Å². The van der Waals surface area contributed by atoms with Gasteiger partial charge >= 0.3 is 6.09 Å². The fraction of sp³-hybridized carbons (Fsp3) is 0.483. The number of hydrogen-bond acceptors (Lipinski definition) is 5. The van der Waals surface area contributed by atoms with E-state index in [4.69, 9.17) is 4.74 Å². The Morgan fingerprint density at radius 3 is 1.76 bits per heavy atom. The Labute approximate surface area is 248 Å². The first-order chi connectivity index (χ1) is 18.3. The normalized spacial score (nSPS) is 30.4. The molecular formula is C29H32Cl2F4N2O4. The van der Waals surface area contributed by atoms with Crippen molar-refractivity contribution in [2.24, 2.45) is 11.8 Å². The van der Waals surface area contributed by atoms with Crippen LogP contribution in [0.4, 0.5) is 22.4 Å². The second-order valence-electron chi connectivity index (χ2n) is 12.0. The van der Waals surface area contributed by atoms with Crippen molar-refractivity contribution in [2.75, 3.05) is 13.1 Å². The summed E-state index contributed by atoms with van der Waals surface area (Å²) in [7, 11) is 0. The standard InChI is InChI=1S/C17H19F2NO3.C12H11F2NO.2ClH/c1-16(2,3)23-15(22)20-9-17(7-13(17)14(20)8-21)10-4-11(18)6-12(19)5-10;13-8-1-7(2-9(14)3-8)12-4-10(12)11(5-16)15-6-12;;/h4-6,8,13-14H,7,9H2,1-3H3;1-3,5,10-11,15H,4,6H2;2*1H. The minimum atomic E-state index is -0.671. The van der Waals surface area contributed by atoms with E-state index in [0.717, 1.165) is 31.1 Å². The molecule has 2 aromatic rings. The van der Waals surface area contributed by atoms with E-state index in [-0.39, 0.29) is 54.7 Å². The van der Waals surface area contributed by atoms with Crippen molar-refractivity contribution in [1.82, 2.24) is 10.2 Å². The monoisotopic (exact) mass is 618 g/mol. The summed E-state index contributed by atoms with van der Waals surface area (Å²) in [6.07, 6.45) is 2.51. The van der Waals surface area contributed by atoms with Crippen molar-refractivity contribution in [2.45, 2.75) is 62.1 Å². The predicted molar refractivity (Wildman–Crippen MR) is 147 cm³/mol. The lowest BCUT2D eigenvalue weighted by molar-refractivity contribution is -0.112. The van der Waals surface area contributed by atoms with Crippen LogP contribution in [0.25, 0.3) is 0 Å². The minimum absolute atomic E-state index is 0. The second kappa shape index (κ2) is 11.5. The number of benzene rings is 2. The number of ether oxygens (including phenoxy) is 1. The van der Waals surface area contributed by atoms with E-state index in [2.05, 4.69) is 5.32 Å². The Bertz CT molecular complexity index is 1300. The van der Waals surface area contributed by atoms with Crippen molar-refractivity contribution < 1.29 is 36.7 Å². The van der Waals surface area contributed by atoms with Crippen molar-refractivity contribution in [1.29, 1.82) is 0 Å². The van der Waals surface area contributed by atoms with E-state index in [1.165, 1.54) is 29.2 Å². The number of halogens is 6. The Kier molecular flexibility index (Phi) is 9.23. The third-order valence-electron chi connectivity index (χ3n) is 8.37. The molecule has 0 spiro atoms. The third-order valence-corrected chi connectivity index (χ3v) is 8.37. The molecule has 41 heavy (non-hydrogen) atoms. The van der Waals surface area contributed by atoms with Crippen molar-refractivity contribution in [3.8, 4) is 0 Å². The fourth-order valence-electron chi connectivity index (χ4n) is 6.40. The molecule has 2 heterocycles. The first-order valence-corrected chi connectivity index (χ1v) is 12.9. The van der Waals surface area contributed by atoms with E-state index in [9.17, 15) is 31.9 Å². The van der Waals surface area contributed by atoms with Crippen LogP contribution in [0, 0.1) is 35.1 Å². The maximum Gasteiger partial charge on any atom is 0.410 e. The number of fused-ring (bicyclic) bond motifs is 2. The molecule has 0 bridgehead atoms. The zero-order valence-electron chi connectivity index (χ0n) is 22.7. The van der Waals surface area contributed by atoms with Crippen LogP contribution in [0.2, 0.25) is 0 Å². The molecule has 0 radical (unpaired) electrons. The van der Waals surface area contributed by atoms with Gasteiger partial charge in [-0.1, -0.05) is 0 Å². The fourth-order valence-corrected chi connectivity index (χ4v) is 6.40. The molecule has 2 aliphatic carbocycles. The smallest absolute Gasteiger partial charge is 0.410 e. The number of likely N-dealkylation sites (tertiary alicyclic amines) is 1. The van der Waals surface area contributed by atoms with Crippen LogP contribution in [-0.2, 0) is 25.2 Å². The average molecular weight is 619 g/mol. The highest BCUT2D eigenvalue weighted by Gasteiger charge is 2.67. The first-order valence-electron chi connectivity index (χ1n) is 12.9. The molecular weight excluding hydrogens is 587 g/mol.